The lowest BCUT2D eigenvalue weighted by molar-refractivity contribution is 0.507. The lowest BCUT2D eigenvalue weighted by Gasteiger charge is -2.14. The van der Waals surface area contributed by atoms with Crippen molar-refractivity contribution in [2.24, 2.45) is 0 Å². The fourth-order valence-corrected chi connectivity index (χ4v) is 4.00. The van der Waals surface area contributed by atoms with E-state index in [9.17, 15) is 8.78 Å². The largest absolute Gasteiger partial charge is 0.204 e. The Morgan fingerprint density at radius 3 is 2.00 bits per heavy atom. The summed E-state index contributed by atoms with van der Waals surface area (Å²) in [5, 5.41) is 0.178. The standard InChI is InChI=1S/C13H6Br3ClF2/c14-7-1-6(2-8(15)3-7)13(16)9-4-11(18)12(19)5-10(9)17/h1-5,13H. The smallest absolute Gasteiger partial charge is 0.160 e. The van der Waals surface area contributed by atoms with Gasteiger partial charge < -0.3 is 0 Å². The van der Waals surface area contributed by atoms with Gasteiger partial charge >= 0.3 is 0 Å². The van der Waals surface area contributed by atoms with Gasteiger partial charge in [-0.1, -0.05) is 59.4 Å². The van der Waals surface area contributed by atoms with Crippen LogP contribution in [0.2, 0.25) is 5.02 Å². The zero-order valence-corrected chi connectivity index (χ0v) is 14.7. The van der Waals surface area contributed by atoms with Crippen LogP contribution in [0.1, 0.15) is 16.0 Å². The van der Waals surface area contributed by atoms with E-state index in [0.29, 0.717) is 5.56 Å². The van der Waals surface area contributed by atoms with Crippen molar-refractivity contribution in [2.75, 3.05) is 0 Å². The fraction of sp³-hybridized carbons (Fsp3) is 0.0769. The van der Waals surface area contributed by atoms with Gasteiger partial charge in [0.25, 0.3) is 0 Å². The van der Waals surface area contributed by atoms with Crippen LogP contribution in [0, 0.1) is 11.6 Å². The van der Waals surface area contributed by atoms with Crippen LogP contribution in [-0.2, 0) is 0 Å². The quantitative estimate of drug-likeness (QED) is 0.338. The molecule has 0 aliphatic rings. The van der Waals surface area contributed by atoms with Gasteiger partial charge in [0, 0.05) is 14.0 Å². The minimum atomic E-state index is -0.955. The van der Waals surface area contributed by atoms with E-state index in [-0.39, 0.29) is 9.85 Å². The summed E-state index contributed by atoms with van der Waals surface area (Å²) in [7, 11) is 0. The van der Waals surface area contributed by atoms with Gasteiger partial charge in [0.2, 0.25) is 0 Å². The first-order valence-electron chi connectivity index (χ1n) is 5.13. The monoisotopic (exact) mass is 472 g/mol. The third kappa shape index (κ3) is 3.57. The Hall–Kier alpha value is 0.0300. The third-order valence-corrected chi connectivity index (χ3v) is 4.76. The average molecular weight is 475 g/mol. The number of halogens is 6. The number of benzene rings is 2. The van der Waals surface area contributed by atoms with Crippen LogP contribution >= 0.6 is 59.4 Å². The first-order valence-corrected chi connectivity index (χ1v) is 8.01. The topological polar surface area (TPSA) is 0 Å². The van der Waals surface area contributed by atoms with Crippen molar-refractivity contribution in [3.8, 4) is 0 Å². The normalized spacial score (nSPS) is 12.5. The van der Waals surface area contributed by atoms with E-state index in [4.69, 9.17) is 11.6 Å². The maximum Gasteiger partial charge on any atom is 0.160 e. The van der Waals surface area contributed by atoms with Crippen molar-refractivity contribution in [2.45, 2.75) is 4.83 Å². The van der Waals surface area contributed by atoms with Gasteiger partial charge in [0.15, 0.2) is 11.6 Å². The highest BCUT2D eigenvalue weighted by Gasteiger charge is 2.18. The summed E-state index contributed by atoms with van der Waals surface area (Å²) >= 11 is 16.2. The van der Waals surface area contributed by atoms with Gasteiger partial charge in [-0.05, 0) is 41.5 Å². The summed E-state index contributed by atoms with van der Waals surface area (Å²) in [5.74, 6) is -1.87. The minimum absolute atomic E-state index is 0.178. The molecule has 0 aliphatic carbocycles. The maximum absolute atomic E-state index is 13.3. The lowest BCUT2D eigenvalue weighted by Crippen LogP contribution is -1.97. The molecule has 0 N–H and O–H groups in total. The van der Waals surface area contributed by atoms with Crippen molar-refractivity contribution in [3.05, 3.63) is 67.1 Å². The Morgan fingerprint density at radius 1 is 0.895 bits per heavy atom. The molecule has 1 unspecified atom stereocenters. The molecule has 100 valence electrons. The number of hydrogen-bond acceptors (Lipinski definition) is 0. The molecule has 6 heteroatoms. The first kappa shape index (κ1) is 15.4. The van der Waals surface area contributed by atoms with Gasteiger partial charge in [0.1, 0.15) is 0 Å². The molecule has 2 aromatic rings. The zero-order valence-electron chi connectivity index (χ0n) is 9.23. The van der Waals surface area contributed by atoms with Crippen molar-refractivity contribution in [3.63, 3.8) is 0 Å². The fourth-order valence-electron chi connectivity index (χ4n) is 1.63. The van der Waals surface area contributed by atoms with Crippen LogP contribution in [0.25, 0.3) is 0 Å². The van der Waals surface area contributed by atoms with E-state index < -0.39 is 11.6 Å². The molecule has 0 bridgehead atoms. The van der Waals surface area contributed by atoms with Gasteiger partial charge in [0.05, 0.1) is 4.83 Å². The molecular formula is C13H6Br3ClF2. The SMILES string of the molecule is Fc1cc(Cl)c(C(Br)c2cc(Br)cc(Br)c2)cc1F. The zero-order chi connectivity index (χ0) is 14.2. The highest BCUT2D eigenvalue weighted by molar-refractivity contribution is 9.11. The molecule has 2 rings (SSSR count). The Balaban J connectivity index is 2.49. The van der Waals surface area contributed by atoms with Crippen molar-refractivity contribution >= 4 is 59.4 Å². The second-order valence-electron chi connectivity index (χ2n) is 3.85. The minimum Gasteiger partial charge on any atom is -0.204 e. The van der Waals surface area contributed by atoms with E-state index in [0.717, 1.165) is 26.6 Å². The van der Waals surface area contributed by atoms with Crippen molar-refractivity contribution in [1.82, 2.24) is 0 Å². The Kier molecular flexibility index (Phi) is 5.04. The van der Waals surface area contributed by atoms with Crippen LogP contribution in [-0.4, -0.2) is 0 Å². The average Bonchev–Trinajstić information content (AvgIpc) is 2.31. The summed E-state index contributed by atoms with van der Waals surface area (Å²) in [4.78, 5) is -0.330. The molecule has 0 amide bonds. The van der Waals surface area contributed by atoms with Crippen LogP contribution in [0.4, 0.5) is 8.78 Å². The van der Waals surface area contributed by atoms with Crippen LogP contribution < -0.4 is 0 Å². The first-order chi connectivity index (χ1) is 8.88. The molecule has 1 atom stereocenters. The number of hydrogen-bond donors (Lipinski definition) is 0. The Morgan fingerprint density at radius 2 is 1.42 bits per heavy atom. The molecular weight excluding hydrogens is 469 g/mol. The van der Waals surface area contributed by atoms with E-state index >= 15 is 0 Å². The number of alkyl halides is 1. The van der Waals surface area contributed by atoms with Crippen molar-refractivity contribution < 1.29 is 8.78 Å². The van der Waals surface area contributed by atoms with Gasteiger partial charge in [-0.25, -0.2) is 8.78 Å². The molecule has 19 heavy (non-hydrogen) atoms. The molecule has 0 aliphatic heterocycles. The van der Waals surface area contributed by atoms with Gasteiger partial charge in [-0.2, -0.15) is 0 Å². The van der Waals surface area contributed by atoms with Crippen LogP contribution in [0.3, 0.4) is 0 Å². The van der Waals surface area contributed by atoms with E-state index in [1.165, 1.54) is 0 Å². The summed E-state index contributed by atoms with van der Waals surface area (Å²) in [6.45, 7) is 0. The molecule has 0 nitrogen and oxygen atoms in total. The predicted molar refractivity (Wildman–Crippen MR) is 84.0 cm³/mol. The summed E-state index contributed by atoms with van der Waals surface area (Å²) < 4.78 is 28.1. The summed E-state index contributed by atoms with van der Waals surface area (Å²) in [6, 6.07) is 7.72. The second-order valence-corrected chi connectivity index (χ2v) is 7.01. The molecule has 0 radical (unpaired) electrons. The molecule has 0 saturated heterocycles. The molecule has 0 aromatic heterocycles. The van der Waals surface area contributed by atoms with E-state index in [2.05, 4.69) is 47.8 Å². The third-order valence-electron chi connectivity index (χ3n) is 2.49. The summed E-state index contributed by atoms with van der Waals surface area (Å²) in [5.41, 5.74) is 1.35. The van der Waals surface area contributed by atoms with Gasteiger partial charge in [-0.15, -0.1) is 0 Å². The maximum atomic E-state index is 13.3. The highest BCUT2D eigenvalue weighted by atomic mass is 79.9. The van der Waals surface area contributed by atoms with E-state index in [1.54, 1.807) is 0 Å². The van der Waals surface area contributed by atoms with E-state index in [1.807, 2.05) is 18.2 Å². The second kappa shape index (κ2) is 6.20. The van der Waals surface area contributed by atoms with Crippen LogP contribution in [0.15, 0.2) is 39.3 Å². The van der Waals surface area contributed by atoms with Crippen molar-refractivity contribution in [1.29, 1.82) is 0 Å². The molecule has 0 saturated carbocycles. The molecule has 2 aromatic carbocycles. The number of rotatable bonds is 2. The Labute approximate surface area is 139 Å². The molecule has 0 spiro atoms. The lowest BCUT2D eigenvalue weighted by atomic mass is 10.0. The predicted octanol–water partition coefficient (Wildman–Crippen LogP) is 6.63. The highest BCUT2D eigenvalue weighted by Crippen LogP contribution is 2.38. The van der Waals surface area contributed by atoms with Crippen LogP contribution in [0.5, 0.6) is 0 Å². The molecule has 0 fully saturated rings. The summed E-state index contributed by atoms with van der Waals surface area (Å²) in [6.07, 6.45) is 0. The van der Waals surface area contributed by atoms with Gasteiger partial charge in [-0.3, -0.25) is 0 Å². The Bertz CT molecular complexity index is 611. The molecule has 0 heterocycles.